The number of carbonyl (C=O) groups is 1. The van der Waals surface area contributed by atoms with Crippen LogP contribution < -0.4 is 14.9 Å². The van der Waals surface area contributed by atoms with Crippen molar-refractivity contribution in [3.8, 4) is 0 Å². The van der Waals surface area contributed by atoms with Crippen LogP contribution in [-0.2, 0) is 0 Å². The van der Waals surface area contributed by atoms with Gasteiger partial charge in [-0.05, 0) is 30.5 Å². The van der Waals surface area contributed by atoms with Crippen LogP contribution in [0.15, 0.2) is 24.3 Å². The summed E-state index contributed by atoms with van der Waals surface area (Å²) in [6.45, 7) is 5.86. The normalized spacial score (nSPS) is 21.0. The minimum Gasteiger partial charge on any atom is -0.545 e. The Labute approximate surface area is 132 Å². The first-order chi connectivity index (χ1) is 10.7. The van der Waals surface area contributed by atoms with E-state index in [0.717, 1.165) is 24.7 Å². The number of hydrogen-bond acceptors (Lipinski definition) is 3. The quantitative estimate of drug-likeness (QED) is 0.872. The number of piperazine rings is 1. The summed E-state index contributed by atoms with van der Waals surface area (Å²) in [5.74, 6) is -0.161. The zero-order valence-electron chi connectivity index (χ0n) is 13.2. The number of benzene rings is 1. The predicted molar refractivity (Wildman–Crippen MR) is 85.1 cm³/mol. The third kappa shape index (κ3) is 3.80. The van der Waals surface area contributed by atoms with Gasteiger partial charge in [-0.2, -0.15) is 0 Å². The summed E-state index contributed by atoms with van der Waals surface area (Å²) >= 11 is 0. The molecule has 1 N–H and O–H groups in total. The Morgan fingerprint density at radius 3 is 2.32 bits per heavy atom. The van der Waals surface area contributed by atoms with Crippen LogP contribution in [0, 0.1) is 5.92 Å². The molecule has 2 aliphatic rings. The zero-order chi connectivity index (χ0) is 15.4. The van der Waals surface area contributed by atoms with Gasteiger partial charge in [-0.1, -0.05) is 31.4 Å². The number of carboxylic acids is 1. The van der Waals surface area contributed by atoms with E-state index in [4.69, 9.17) is 0 Å². The SMILES string of the molecule is O=C([O-])c1ccc(N2CC[NH+](CC3CCCCC3)CC2)cc1. The van der Waals surface area contributed by atoms with E-state index in [1.807, 2.05) is 12.1 Å². The standard InChI is InChI=1S/C18H26N2O2/c21-18(22)16-6-8-17(9-7-16)20-12-10-19(11-13-20)14-15-4-2-1-3-5-15/h6-9,15H,1-5,10-14H2,(H,21,22). The van der Waals surface area contributed by atoms with Gasteiger partial charge in [0, 0.05) is 11.6 Å². The Hall–Kier alpha value is -1.55. The molecule has 3 rings (SSSR count). The van der Waals surface area contributed by atoms with Gasteiger partial charge in [0.25, 0.3) is 0 Å². The lowest BCUT2D eigenvalue weighted by molar-refractivity contribution is -0.904. The second-order valence-electron chi connectivity index (χ2n) is 6.78. The number of quaternary nitrogens is 1. The average Bonchev–Trinajstić information content (AvgIpc) is 2.57. The topological polar surface area (TPSA) is 47.8 Å². The Balaban J connectivity index is 1.49. The van der Waals surface area contributed by atoms with Gasteiger partial charge in [0.05, 0.1) is 38.7 Å². The van der Waals surface area contributed by atoms with Gasteiger partial charge in [0.2, 0.25) is 0 Å². The molecule has 1 aliphatic carbocycles. The molecule has 1 aromatic carbocycles. The molecule has 0 atom stereocenters. The van der Waals surface area contributed by atoms with E-state index in [2.05, 4.69) is 4.90 Å². The number of carbonyl (C=O) groups excluding carboxylic acids is 1. The number of aromatic carboxylic acids is 1. The Bertz CT molecular complexity index is 486. The van der Waals surface area contributed by atoms with Gasteiger partial charge in [-0.15, -0.1) is 0 Å². The molecule has 1 saturated heterocycles. The molecule has 120 valence electrons. The highest BCUT2D eigenvalue weighted by atomic mass is 16.4. The van der Waals surface area contributed by atoms with E-state index in [9.17, 15) is 9.90 Å². The van der Waals surface area contributed by atoms with Crippen molar-refractivity contribution in [2.45, 2.75) is 32.1 Å². The number of nitrogens with one attached hydrogen (secondary N) is 1. The summed E-state index contributed by atoms with van der Waals surface area (Å²) in [4.78, 5) is 14.9. The smallest absolute Gasteiger partial charge is 0.0949 e. The van der Waals surface area contributed by atoms with E-state index >= 15 is 0 Å². The molecule has 4 nitrogen and oxygen atoms in total. The maximum Gasteiger partial charge on any atom is 0.0949 e. The van der Waals surface area contributed by atoms with Crippen molar-refractivity contribution in [3.63, 3.8) is 0 Å². The molecule has 0 bridgehead atoms. The van der Waals surface area contributed by atoms with Crippen molar-refractivity contribution >= 4 is 11.7 Å². The number of hydrogen-bond donors (Lipinski definition) is 1. The molecule has 1 saturated carbocycles. The second kappa shape index (κ2) is 7.14. The summed E-state index contributed by atoms with van der Waals surface area (Å²) in [5, 5.41) is 10.8. The van der Waals surface area contributed by atoms with Crippen LogP contribution in [0.1, 0.15) is 42.5 Å². The lowest BCUT2D eigenvalue weighted by atomic mass is 9.89. The lowest BCUT2D eigenvalue weighted by Crippen LogP contribution is -3.15. The fourth-order valence-corrected chi connectivity index (χ4v) is 3.89. The molecule has 0 spiro atoms. The summed E-state index contributed by atoms with van der Waals surface area (Å²) in [6, 6.07) is 7.09. The molecule has 0 radical (unpaired) electrons. The van der Waals surface area contributed by atoms with Crippen LogP contribution in [0.25, 0.3) is 0 Å². The molecule has 1 aliphatic heterocycles. The Morgan fingerprint density at radius 2 is 1.73 bits per heavy atom. The molecule has 4 heteroatoms. The lowest BCUT2D eigenvalue weighted by Gasteiger charge is -2.36. The third-order valence-corrected chi connectivity index (χ3v) is 5.24. The molecule has 1 heterocycles. The fraction of sp³-hybridized carbons (Fsp3) is 0.611. The first-order valence-corrected chi connectivity index (χ1v) is 8.62. The molecule has 0 aromatic heterocycles. The van der Waals surface area contributed by atoms with Crippen LogP contribution in [0.2, 0.25) is 0 Å². The highest BCUT2D eigenvalue weighted by Gasteiger charge is 2.24. The van der Waals surface area contributed by atoms with Crippen LogP contribution in [0.5, 0.6) is 0 Å². The molecule has 1 aromatic rings. The third-order valence-electron chi connectivity index (χ3n) is 5.24. The first-order valence-electron chi connectivity index (χ1n) is 8.62. The van der Waals surface area contributed by atoms with Gasteiger partial charge >= 0.3 is 0 Å². The molecular weight excluding hydrogens is 276 g/mol. The summed E-state index contributed by atoms with van der Waals surface area (Å²) in [6.07, 6.45) is 7.14. The van der Waals surface area contributed by atoms with Crippen LogP contribution in [-0.4, -0.2) is 38.7 Å². The van der Waals surface area contributed by atoms with E-state index in [1.54, 1.807) is 17.0 Å². The van der Waals surface area contributed by atoms with Crippen molar-refractivity contribution in [1.29, 1.82) is 0 Å². The van der Waals surface area contributed by atoms with E-state index < -0.39 is 5.97 Å². The van der Waals surface area contributed by atoms with Crippen LogP contribution >= 0.6 is 0 Å². The molecule has 2 fully saturated rings. The van der Waals surface area contributed by atoms with Gasteiger partial charge in [-0.25, -0.2) is 0 Å². The molecule has 0 amide bonds. The fourth-order valence-electron chi connectivity index (χ4n) is 3.89. The van der Waals surface area contributed by atoms with Gasteiger partial charge in [0.15, 0.2) is 0 Å². The minimum atomic E-state index is -1.10. The molecular formula is C18H26N2O2. The average molecular weight is 302 g/mol. The van der Waals surface area contributed by atoms with Crippen molar-refractivity contribution in [3.05, 3.63) is 29.8 Å². The highest BCUT2D eigenvalue weighted by molar-refractivity contribution is 5.86. The van der Waals surface area contributed by atoms with E-state index in [1.165, 1.54) is 51.7 Å². The van der Waals surface area contributed by atoms with Crippen molar-refractivity contribution in [2.75, 3.05) is 37.6 Å². The largest absolute Gasteiger partial charge is 0.545 e. The van der Waals surface area contributed by atoms with Crippen molar-refractivity contribution in [1.82, 2.24) is 0 Å². The predicted octanol–water partition coefficient (Wildman–Crippen LogP) is 0.335. The number of carboxylic acid groups (broad SMARTS) is 1. The van der Waals surface area contributed by atoms with Crippen LogP contribution in [0.3, 0.4) is 0 Å². The van der Waals surface area contributed by atoms with Gasteiger partial charge in [-0.3, -0.25) is 0 Å². The zero-order valence-corrected chi connectivity index (χ0v) is 13.2. The Kier molecular flexibility index (Phi) is 4.98. The maximum absolute atomic E-state index is 10.8. The summed E-state index contributed by atoms with van der Waals surface area (Å²) in [7, 11) is 0. The monoisotopic (exact) mass is 302 g/mol. The van der Waals surface area contributed by atoms with Crippen LogP contribution in [0.4, 0.5) is 5.69 Å². The summed E-state index contributed by atoms with van der Waals surface area (Å²) in [5.41, 5.74) is 1.38. The number of rotatable bonds is 4. The second-order valence-corrected chi connectivity index (χ2v) is 6.78. The Morgan fingerprint density at radius 1 is 1.09 bits per heavy atom. The maximum atomic E-state index is 10.8. The van der Waals surface area contributed by atoms with E-state index in [-0.39, 0.29) is 5.56 Å². The molecule has 22 heavy (non-hydrogen) atoms. The van der Waals surface area contributed by atoms with Crippen molar-refractivity contribution < 1.29 is 14.8 Å². The van der Waals surface area contributed by atoms with Gasteiger partial charge in [0.1, 0.15) is 0 Å². The van der Waals surface area contributed by atoms with Gasteiger partial charge < -0.3 is 19.7 Å². The minimum absolute atomic E-state index is 0.255. The highest BCUT2D eigenvalue weighted by Crippen LogP contribution is 2.22. The van der Waals surface area contributed by atoms with E-state index in [0.29, 0.717) is 0 Å². The summed E-state index contributed by atoms with van der Waals surface area (Å²) < 4.78 is 0. The molecule has 0 unspecified atom stereocenters. The van der Waals surface area contributed by atoms with Crippen molar-refractivity contribution in [2.24, 2.45) is 5.92 Å². The number of nitrogens with zero attached hydrogens (tertiary/aromatic N) is 1. The number of anilines is 1. The first kappa shape index (κ1) is 15.3.